The Morgan fingerprint density at radius 3 is 1.43 bits per heavy atom. The van der Waals surface area contributed by atoms with Crippen molar-refractivity contribution in [2.24, 2.45) is 0 Å². The summed E-state index contributed by atoms with van der Waals surface area (Å²) >= 11 is 0. The number of likely N-dealkylation sites (N-methyl/N-ethyl adjacent to an activating group) is 1. The fourth-order valence-electron chi connectivity index (χ4n) is 7.53. The van der Waals surface area contributed by atoms with Gasteiger partial charge in [-0.2, -0.15) is 0 Å². The number of amides is 1. The molecule has 388 valence electrons. The van der Waals surface area contributed by atoms with Gasteiger partial charge in [0, 0.05) is 6.42 Å². The molecule has 0 saturated carbocycles. The Balaban J connectivity index is 4.16. The number of allylic oxidation sites excluding steroid dienone is 14. The first kappa shape index (κ1) is 64.6. The van der Waals surface area contributed by atoms with Crippen molar-refractivity contribution in [2.45, 2.75) is 231 Å². The number of rotatable bonds is 48. The van der Waals surface area contributed by atoms with Crippen molar-refractivity contribution in [2.75, 3.05) is 40.9 Å². The molecule has 67 heavy (non-hydrogen) atoms. The molecule has 0 rings (SSSR count). The van der Waals surface area contributed by atoms with Gasteiger partial charge < -0.3 is 24.9 Å². The minimum Gasteiger partial charge on any atom is -0.390 e. The predicted molar refractivity (Wildman–Crippen MR) is 287 cm³/mol. The summed E-state index contributed by atoms with van der Waals surface area (Å²) < 4.78 is 23.5. The lowest BCUT2D eigenvalue weighted by molar-refractivity contribution is -0.870. The lowest BCUT2D eigenvalue weighted by Crippen LogP contribution is -2.51. The summed E-state index contributed by atoms with van der Waals surface area (Å²) in [5, 5.41) is 24.7. The van der Waals surface area contributed by atoms with Crippen LogP contribution in [0.5, 0.6) is 0 Å². The van der Waals surface area contributed by atoms with Gasteiger partial charge in [-0.25, -0.2) is 4.57 Å². The number of hydrogen-bond donors (Lipinski definition) is 4. The van der Waals surface area contributed by atoms with E-state index >= 15 is 0 Å². The van der Waals surface area contributed by atoms with Gasteiger partial charge in [0.25, 0.3) is 0 Å². The highest BCUT2D eigenvalue weighted by Crippen LogP contribution is 2.43. The lowest BCUT2D eigenvalue weighted by Gasteiger charge is -2.28. The second-order valence-corrected chi connectivity index (χ2v) is 20.8. The maximum absolute atomic E-state index is 13.0. The molecule has 0 aromatic heterocycles. The number of nitrogens with zero attached hydrogens (tertiary/aromatic N) is 1. The quantitative estimate of drug-likeness (QED) is 0.0207. The Bertz CT molecular complexity index is 1380. The van der Waals surface area contributed by atoms with E-state index in [2.05, 4.69) is 97.3 Å². The van der Waals surface area contributed by atoms with Crippen LogP contribution in [0.2, 0.25) is 0 Å². The summed E-state index contributed by atoms with van der Waals surface area (Å²) in [5.74, 6) is -0.276. The molecule has 9 nitrogen and oxygen atoms in total. The highest BCUT2D eigenvalue weighted by atomic mass is 31.2. The van der Waals surface area contributed by atoms with E-state index in [9.17, 15) is 24.5 Å². The molecular weight excluding hydrogens is 856 g/mol. The van der Waals surface area contributed by atoms with Gasteiger partial charge in [-0.15, -0.1) is 0 Å². The van der Waals surface area contributed by atoms with Crippen LogP contribution in [-0.4, -0.2) is 84.6 Å². The molecule has 0 heterocycles. The van der Waals surface area contributed by atoms with Crippen molar-refractivity contribution < 1.29 is 38.0 Å². The van der Waals surface area contributed by atoms with Crippen LogP contribution in [-0.2, 0) is 18.4 Å². The first-order chi connectivity index (χ1) is 32.4. The topological polar surface area (TPSA) is 125 Å². The zero-order valence-corrected chi connectivity index (χ0v) is 44.6. The fraction of sp³-hybridized carbons (Fsp3) is 0.737. The van der Waals surface area contributed by atoms with E-state index in [-0.39, 0.29) is 18.9 Å². The fourth-order valence-corrected chi connectivity index (χ4v) is 8.26. The third-order valence-electron chi connectivity index (χ3n) is 11.8. The number of aliphatic hydroxyl groups excluding tert-OH is 2. The number of hydrogen-bond acceptors (Lipinski definition) is 6. The third-order valence-corrected chi connectivity index (χ3v) is 12.8. The minimum absolute atomic E-state index is 0.00987. The molecule has 4 unspecified atom stereocenters. The number of unbranched alkanes of at least 4 members (excludes halogenated alkanes) is 21. The molecular formula is C57H104N2O7P+. The van der Waals surface area contributed by atoms with Gasteiger partial charge >= 0.3 is 7.82 Å². The Hall–Kier alpha value is -2.36. The second-order valence-electron chi connectivity index (χ2n) is 19.3. The third kappa shape index (κ3) is 48.5. The summed E-state index contributed by atoms with van der Waals surface area (Å²) in [5.41, 5.74) is 0. The SMILES string of the molecule is C/C=C/CC/C=C/CC/C=C/CCCC(O)C(O)C(COP(=O)(O)OCC[N+](C)(C)C)NC(=O)CCCCCCCCCCCCCCCCCCCC/C=C\C/C=C\C/C=C\C/C=C\CC. The molecule has 4 atom stereocenters. The highest BCUT2D eigenvalue weighted by molar-refractivity contribution is 7.47. The normalized spacial score (nSPS) is 15.2. The van der Waals surface area contributed by atoms with E-state index in [4.69, 9.17) is 9.05 Å². The average molecular weight is 960 g/mol. The maximum Gasteiger partial charge on any atom is 0.472 e. The van der Waals surface area contributed by atoms with Crippen molar-refractivity contribution >= 4 is 13.7 Å². The molecule has 0 aromatic carbocycles. The number of carbonyl (C=O) groups is 1. The van der Waals surface area contributed by atoms with Gasteiger partial charge in [0.1, 0.15) is 19.3 Å². The minimum atomic E-state index is -4.44. The zero-order valence-electron chi connectivity index (χ0n) is 43.7. The molecule has 0 bridgehead atoms. The summed E-state index contributed by atoms with van der Waals surface area (Å²) in [6, 6.07) is -1.06. The van der Waals surface area contributed by atoms with Crippen LogP contribution in [0.3, 0.4) is 0 Å². The van der Waals surface area contributed by atoms with E-state index in [0.29, 0.717) is 23.9 Å². The Morgan fingerprint density at radius 2 is 0.955 bits per heavy atom. The van der Waals surface area contributed by atoms with Crippen LogP contribution < -0.4 is 5.32 Å². The van der Waals surface area contributed by atoms with Crippen molar-refractivity contribution in [3.63, 3.8) is 0 Å². The lowest BCUT2D eigenvalue weighted by atomic mass is 10.0. The number of quaternary nitrogens is 1. The van der Waals surface area contributed by atoms with Gasteiger partial charge in [-0.05, 0) is 96.8 Å². The summed E-state index contributed by atoms with van der Waals surface area (Å²) in [6.07, 6.45) is 62.6. The molecule has 0 spiro atoms. The molecule has 10 heteroatoms. The highest BCUT2D eigenvalue weighted by Gasteiger charge is 2.31. The molecule has 0 fully saturated rings. The smallest absolute Gasteiger partial charge is 0.390 e. The van der Waals surface area contributed by atoms with Gasteiger partial charge in [0.2, 0.25) is 5.91 Å². The van der Waals surface area contributed by atoms with Crippen molar-refractivity contribution in [1.29, 1.82) is 0 Å². The van der Waals surface area contributed by atoms with E-state index in [1.807, 2.05) is 28.1 Å². The van der Waals surface area contributed by atoms with E-state index in [1.54, 1.807) is 0 Å². The van der Waals surface area contributed by atoms with Crippen molar-refractivity contribution in [3.8, 4) is 0 Å². The number of nitrogens with one attached hydrogen (secondary N) is 1. The molecule has 0 aliphatic heterocycles. The van der Waals surface area contributed by atoms with Crippen molar-refractivity contribution in [3.05, 3.63) is 85.1 Å². The van der Waals surface area contributed by atoms with E-state index in [1.165, 1.54) is 96.3 Å². The summed E-state index contributed by atoms with van der Waals surface area (Å²) in [7, 11) is 1.40. The zero-order chi connectivity index (χ0) is 49.4. The van der Waals surface area contributed by atoms with E-state index in [0.717, 1.165) is 83.5 Å². The number of aliphatic hydroxyl groups is 2. The molecule has 0 radical (unpaired) electrons. The van der Waals surface area contributed by atoms with Gasteiger partial charge in [-0.3, -0.25) is 13.8 Å². The van der Waals surface area contributed by atoms with Crippen molar-refractivity contribution in [1.82, 2.24) is 5.32 Å². The van der Waals surface area contributed by atoms with Gasteiger partial charge in [-0.1, -0.05) is 195 Å². The Kier molecular flexibility index (Phi) is 45.7. The van der Waals surface area contributed by atoms with Crippen LogP contribution in [0.15, 0.2) is 85.1 Å². The van der Waals surface area contributed by atoms with Gasteiger partial charge in [0.15, 0.2) is 0 Å². The summed E-state index contributed by atoms with van der Waals surface area (Å²) in [4.78, 5) is 23.3. The molecule has 0 aliphatic rings. The average Bonchev–Trinajstić information content (AvgIpc) is 3.29. The molecule has 0 saturated heterocycles. The molecule has 0 aromatic rings. The molecule has 1 amide bonds. The number of carbonyl (C=O) groups excluding carboxylic acids is 1. The van der Waals surface area contributed by atoms with Crippen LogP contribution in [0.25, 0.3) is 0 Å². The van der Waals surface area contributed by atoms with Gasteiger partial charge in [0.05, 0.1) is 39.9 Å². The predicted octanol–water partition coefficient (Wildman–Crippen LogP) is 15.1. The Labute approximate surface area is 412 Å². The van der Waals surface area contributed by atoms with E-state index < -0.39 is 32.7 Å². The van der Waals surface area contributed by atoms with Crippen LogP contribution in [0.4, 0.5) is 0 Å². The standard InChI is InChI=1S/C57H103N2O7P/c1-6-8-10-12-14-16-18-20-21-22-23-24-25-26-27-28-29-30-31-32-33-34-35-36-37-38-40-42-44-46-48-50-56(61)58-54(53-66-67(63,64)65-52-51-59(3,4)5)57(62)55(60)49-47-45-43-41-39-19-17-15-13-11-9-7-2/h7-10,14-17,20-21,23-24,41,43,54-55,57,60,62H,6,11-13,18-19,22,25-40,42,44-53H2,1-5H3,(H-,58,61,63,64)/p+1/b9-7+,10-8-,16-14-,17-15+,21-20-,24-23-,43-41+. The Morgan fingerprint density at radius 1 is 0.552 bits per heavy atom. The molecule has 0 aliphatic carbocycles. The van der Waals surface area contributed by atoms with Crippen LogP contribution >= 0.6 is 7.82 Å². The maximum atomic E-state index is 13.0. The molecule has 4 N–H and O–H groups in total. The number of phosphoric ester groups is 1. The largest absolute Gasteiger partial charge is 0.472 e. The summed E-state index contributed by atoms with van der Waals surface area (Å²) in [6.45, 7) is 4.24. The second kappa shape index (κ2) is 47.3. The monoisotopic (exact) mass is 960 g/mol. The first-order valence-corrected chi connectivity index (χ1v) is 28.5. The number of phosphoric acid groups is 1. The van der Waals surface area contributed by atoms with Crippen LogP contribution in [0, 0.1) is 0 Å². The first-order valence-electron chi connectivity index (χ1n) is 27.0. The van der Waals surface area contributed by atoms with Crippen LogP contribution in [0.1, 0.15) is 213 Å².